The summed E-state index contributed by atoms with van der Waals surface area (Å²) < 4.78 is 37.7. The molecule has 0 spiro atoms. The van der Waals surface area contributed by atoms with Gasteiger partial charge in [-0.15, -0.1) is 11.3 Å². The van der Waals surface area contributed by atoms with E-state index >= 15 is 0 Å². The van der Waals surface area contributed by atoms with Gasteiger partial charge in [0.1, 0.15) is 11.6 Å². The van der Waals surface area contributed by atoms with Crippen LogP contribution in [0.15, 0.2) is 86.0 Å². The summed E-state index contributed by atoms with van der Waals surface area (Å²) >= 11 is 1.36. The molecule has 6 rings (SSSR count). The van der Waals surface area contributed by atoms with Gasteiger partial charge in [-0.3, -0.25) is 9.48 Å². The first-order chi connectivity index (χ1) is 21.7. The highest BCUT2D eigenvalue weighted by atomic mass is 32.1. The maximum absolute atomic E-state index is 14.7. The number of hydrogen-bond donors (Lipinski definition) is 2. The number of hydrogen-bond acceptors (Lipinski definition) is 8. The van der Waals surface area contributed by atoms with Crippen molar-refractivity contribution in [3.8, 4) is 44.5 Å². The number of halogens is 2. The number of nitrogen functional groups attached to an aromatic ring is 1. The largest absolute Gasteiger partial charge is 0.424 e. The second kappa shape index (κ2) is 12.2. The highest BCUT2D eigenvalue weighted by Gasteiger charge is 2.25. The number of ether oxygens (including phenoxy) is 1. The van der Waals surface area contributed by atoms with E-state index in [1.54, 1.807) is 53.6 Å². The Balaban J connectivity index is 1.53. The zero-order valence-corrected chi connectivity index (χ0v) is 25.1. The molecule has 12 heteroatoms. The number of nitrogens with one attached hydrogen (secondary N) is 1. The van der Waals surface area contributed by atoms with Crippen molar-refractivity contribution in [2.45, 2.75) is 19.9 Å². The number of alkyl halides is 2. The van der Waals surface area contributed by atoms with E-state index in [2.05, 4.69) is 31.9 Å². The van der Waals surface area contributed by atoms with Crippen molar-refractivity contribution in [1.29, 1.82) is 0 Å². The molecule has 6 aromatic rings. The molecule has 0 radical (unpaired) electrons. The standard InChI is InChI=1S/C33H27F2N7O2S/c1-4-26(43)38-14-19-5-10-23(24(13-19)31(34)35)29-27(20-6-8-22(9-7-20)44-33-37-12-11-18(2)41-33)28-30(45-29)25(16-39-32(28)36)21-15-40-42(3)17-21/h4-13,15-17,31H,1,14H2,2-3H3,(H2,36,39)(H,38,43). The van der Waals surface area contributed by atoms with E-state index in [0.29, 0.717) is 32.7 Å². The Morgan fingerprint density at radius 2 is 1.91 bits per heavy atom. The number of amides is 1. The van der Waals surface area contributed by atoms with Crippen LogP contribution in [0, 0.1) is 6.92 Å². The minimum absolute atomic E-state index is 0.0816. The third kappa shape index (κ3) is 6.00. The maximum Gasteiger partial charge on any atom is 0.322 e. The van der Waals surface area contributed by atoms with E-state index in [9.17, 15) is 13.6 Å². The molecule has 0 aliphatic carbocycles. The lowest BCUT2D eigenvalue weighted by molar-refractivity contribution is -0.116. The minimum atomic E-state index is -2.79. The van der Waals surface area contributed by atoms with Gasteiger partial charge in [-0.1, -0.05) is 30.8 Å². The van der Waals surface area contributed by atoms with Gasteiger partial charge in [0.05, 0.1) is 6.20 Å². The van der Waals surface area contributed by atoms with Crippen molar-refractivity contribution in [3.63, 3.8) is 0 Å². The van der Waals surface area contributed by atoms with E-state index in [0.717, 1.165) is 33.2 Å². The monoisotopic (exact) mass is 623 g/mol. The second-order valence-corrected chi connectivity index (χ2v) is 11.2. The molecular formula is C33H27F2N7O2S. The molecule has 0 aliphatic rings. The number of benzene rings is 2. The number of aromatic nitrogens is 5. The molecule has 0 atom stereocenters. The average Bonchev–Trinajstić information content (AvgIpc) is 3.65. The van der Waals surface area contributed by atoms with Gasteiger partial charge in [0.25, 0.3) is 6.43 Å². The number of nitrogens with two attached hydrogens (primary N) is 1. The maximum atomic E-state index is 14.7. The van der Waals surface area contributed by atoms with Crippen molar-refractivity contribution in [2.75, 3.05) is 5.73 Å². The molecule has 45 heavy (non-hydrogen) atoms. The van der Waals surface area contributed by atoms with Crippen LogP contribution < -0.4 is 15.8 Å². The Kier molecular flexibility index (Phi) is 8.05. The third-order valence-corrected chi connectivity index (χ3v) is 8.39. The second-order valence-electron chi connectivity index (χ2n) is 10.2. The highest BCUT2D eigenvalue weighted by molar-refractivity contribution is 7.23. The SMILES string of the molecule is C=CC(=O)NCc1ccc(-c2sc3c(-c4cnn(C)c4)cnc(N)c3c2-c2ccc(Oc3nccc(C)n3)cc2)c(C(F)F)c1. The molecule has 3 N–H and O–H groups in total. The fourth-order valence-electron chi connectivity index (χ4n) is 4.99. The number of nitrogens with zero attached hydrogens (tertiary/aromatic N) is 5. The number of thiophene rings is 1. The number of pyridine rings is 1. The number of fused-ring (bicyclic) bond motifs is 1. The molecule has 0 unspecified atom stereocenters. The summed E-state index contributed by atoms with van der Waals surface area (Å²) in [5, 5.41) is 7.59. The number of rotatable bonds is 9. The zero-order valence-electron chi connectivity index (χ0n) is 24.3. The summed E-state index contributed by atoms with van der Waals surface area (Å²) in [5.41, 5.74) is 11.0. The summed E-state index contributed by atoms with van der Waals surface area (Å²) in [6.45, 7) is 5.36. The lowest BCUT2D eigenvalue weighted by Crippen LogP contribution is -2.20. The molecule has 2 aromatic carbocycles. The van der Waals surface area contributed by atoms with Gasteiger partial charge in [-0.25, -0.2) is 23.7 Å². The van der Waals surface area contributed by atoms with Crippen LogP contribution in [0.2, 0.25) is 0 Å². The van der Waals surface area contributed by atoms with E-state index in [-0.39, 0.29) is 23.9 Å². The predicted octanol–water partition coefficient (Wildman–Crippen LogP) is 7.24. The number of carbonyl (C=O) groups is 1. The van der Waals surface area contributed by atoms with Gasteiger partial charge in [-0.2, -0.15) is 5.10 Å². The van der Waals surface area contributed by atoms with Crippen LogP contribution >= 0.6 is 11.3 Å². The van der Waals surface area contributed by atoms with E-state index in [1.165, 1.54) is 17.4 Å². The number of aryl methyl sites for hydroxylation is 2. The Hall–Kier alpha value is -5.49. The molecule has 9 nitrogen and oxygen atoms in total. The average molecular weight is 624 g/mol. The number of carbonyl (C=O) groups excluding carboxylic acids is 1. The summed E-state index contributed by atoms with van der Waals surface area (Å²) in [4.78, 5) is 25.2. The van der Waals surface area contributed by atoms with Gasteiger partial charge in [0.15, 0.2) is 0 Å². The lowest BCUT2D eigenvalue weighted by Gasteiger charge is -2.13. The van der Waals surface area contributed by atoms with E-state index < -0.39 is 12.3 Å². The van der Waals surface area contributed by atoms with Gasteiger partial charge in [0, 0.05) is 80.7 Å². The van der Waals surface area contributed by atoms with Gasteiger partial charge in [-0.05, 0) is 48.4 Å². The first-order valence-corrected chi connectivity index (χ1v) is 14.6. The van der Waals surface area contributed by atoms with Gasteiger partial charge >= 0.3 is 6.01 Å². The van der Waals surface area contributed by atoms with Gasteiger partial charge in [0.2, 0.25) is 5.91 Å². The fraction of sp³-hybridized carbons (Fsp3) is 0.121. The van der Waals surface area contributed by atoms with Crippen LogP contribution in [0.25, 0.3) is 42.8 Å². The van der Waals surface area contributed by atoms with Crippen LogP contribution in [0.3, 0.4) is 0 Å². The third-order valence-electron chi connectivity index (χ3n) is 7.13. The summed E-state index contributed by atoms with van der Waals surface area (Å²) in [7, 11) is 1.82. The summed E-state index contributed by atoms with van der Waals surface area (Å²) in [6.07, 6.45) is 5.23. The van der Waals surface area contributed by atoms with E-state index in [4.69, 9.17) is 10.5 Å². The Morgan fingerprint density at radius 1 is 1.11 bits per heavy atom. The molecule has 0 saturated carbocycles. The molecule has 0 bridgehead atoms. The molecule has 4 heterocycles. The van der Waals surface area contributed by atoms with Crippen LogP contribution in [0.1, 0.15) is 23.2 Å². The molecule has 0 fully saturated rings. The molecule has 4 aromatic heterocycles. The Labute approximate surface area is 261 Å². The van der Waals surface area contributed by atoms with Crippen LogP contribution in [-0.4, -0.2) is 30.6 Å². The Morgan fingerprint density at radius 3 is 2.60 bits per heavy atom. The first kappa shape index (κ1) is 29.6. The van der Waals surface area contributed by atoms with Crippen molar-refractivity contribution < 1.29 is 18.3 Å². The van der Waals surface area contributed by atoms with Crippen molar-refractivity contribution >= 4 is 33.1 Å². The summed E-state index contributed by atoms with van der Waals surface area (Å²) in [5.74, 6) is 0.384. The summed E-state index contributed by atoms with van der Waals surface area (Å²) in [6, 6.07) is 14.0. The van der Waals surface area contributed by atoms with Gasteiger partial charge < -0.3 is 15.8 Å². The normalized spacial score (nSPS) is 11.2. The van der Waals surface area contributed by atoms with Crippen LogP contribution in [0.5, 0.6) is 11.8 Å². The van der Waals surface area contributed by atoms with E-state index in [1.807, 2.05) is 32.3 Å². The quantitative estimate of drug-likeness (QED) is 0.163. The topological polar surface area (TPSA) is 121 Å². The smallest absolute Gasteiger partial charge is 0.322 e. The Bertz CT molecular complexity index is 2050. The van der Waals surface area contributed by atoms with Crippen LogP contribution in [-0.2, 0) is 18.4 Å². The number of anilines is 1. The zero-order chi connectivity index (χ0) is 31.7. The molecule has 226 valence electrons. The molecular weight excluding hydrogens is 596 g/mol. The highest BCUT2D eigenvalue weighted by Crippen LogP contribution is 2.51. The fourth-order valence-corrected chi connectivity index (χ4v) is 6.41. The molecule has 0 aliphatic heterocycles. The molecule has 1 amide bonds. The van der Waals surface area contributed by atoms with Crippen LogP contribution in [0.4, 0.5) is 14.6 Å². The first-order valence-electron chi connectivity index (χ1n) is 13.8. The van der Waals surface area contributed by atoms with Crippen molar-refractivity contribution in [3.05, 3.63) is 103 Å². The minimum Gasteiger partial charge on any atom is -0.424 e. The lowest BCUT2D eigenvalue weighted by atomic mass is 9.94. The predicted molar refractivity (Wildman–Crippen MR) is 171 cm³/mol. The van der Waals surface area contributed by atoms with Crippen molar-refractivity contribution in [1.82, 2.24) is 30.0 Å². The molecule has 0 saturated heterocycles. The van der Waals surface area contributed by atoms with Crippen molar-refractivity contribution in [2.24, 2.45) is 7.05 Å².